The highest BCUT2D eigenvalue weighted by atomic mass is 35.5. The molecule has 4 rings (SSSR count). The van der Waals surface area contributed by atoms with Crippen LogP contribution >= 0.6 is 11.6 Å². The van der Waals surface area contributed by atoms with Crippen molar-refractivity contribution in [3.8, 4) is 6.07 Å². The SMILES string of the molecule is N#Cc1ccccc1CO[C@H]1CNCC[C@]1(OCc1ccccc1)c1ccc(Cl)cc1. The molecule has 0 amide bonds. The Bertz CT molecular complexity index is 1030. The van der Waals surface area contributed by atoms with Crippen molar-refractivity contribution >= 4 is 11.6 Å². The molecule has 1 fully saturated rings. The highest BCUT2D eigenvalue weighted by Gasteiger charge is 2.44. The number of nitrogens with one attached hydrogen (secondary N) is 1. The maximum absolute atomic E-state index is 9.42. The molecule has 3 aromatic carbocycles. The maximum Gasteiger partial charge on any atom is 0.122 e. The summed E-state index contributed by atoms with van der Waals surface area (Å²) < 4.78 is 13.1. The first-order valence-corrected chi connectivity index (χ1v) is 10.8. The second-order valence-corrected chi connectivity index (χ2v) is 8.13. The normalized spacial score (nSPS) is 20.8. The summed E-state index contributed by atoms with van der Waals surface area (Å²) in [5, 5.41) is 13.5. The Labute approximate surface area is 188 Å². The smallest absolute Gasteiger partial charge is 0.122 e. The van der Waals surface area contributed by atoms with Crippen LogP contribution < -0.4 is 5.32 Å². The van der Waals surface area contributed by atoms with Gasteiger partial charge in [0.1, 0.15) is 11.7 Å². The number of ether oxygens (including phenoxy) is 2. The fourth-order valence-corrected chi connectivity index (χ4v) is 4.20. The van der Waals surface area contributed by atoms with Gasteiger partial charge in [-0.1, -0.05) is 72.3 Å². The lowest BCUT2D eigenvalue weighted by molar-refractivity contribution is -0.176. The van der Waals surface area contributed by atoms with Gasteiger partial charge in [0.15, 0.2) is 0 Å². The van der Waals surface area contributed by atoms with Crippen molar-refractivity contribution < 1.29 is 9.47 Å². The fraction of sp³-hybridized carbons (Fsp3) is 0.269. The Morgan fingerprint density at radius 1 is 0.968 bits per heavy atom. The summed E-state index contributed by atoms with van der Waals surface area (Å²) in [4.78, 5) is 0. The van der Waals surface area contributed by atoms with E-state index in [1.54, 1.807) is 0 Å². The van der Waals surface area contributed by atoms with Gasteiger partial charge in [0.2, 0.25) is 0 Å². The fourth-order valence-electron chi connectivity index (χ4n) is 4.07. The van der Waals surface area contributed by atoms with Crippen molar-refractivity contribution in [2.75, 3.05) is 13.1 Å². The average Bonchev–Trinajstić information content (AvgIpc) is 2.83. The van der Waals surface area contributed by atoms with E-state index in [0.717, 1.165) is 29.7 Å². The average molecular weight is 433 g/mol. The van der Waals surface area contributed by atoms with Crippen molar-refractivity contribution in [2.45, 2.75) is 31.3 Å². The van der Waals surface area contributed by atoms with Gasteiger partial charge in [0, 0.05) is 11.6 Å². The van der Waals surface area contributed by atoms with E-state index in [-0.39, 0.29) is 6.10 Å². The van der Waals surface area contributed by atoms with Crippen LogP contribution in [0.25, 0.3) is 0 Å². The van der Waals surface area contributed by atoms with Crippen molar-refractivity contribution in [3.05, 3.63) is 106 Å². The van der Waals surface area contributed by atoms with Gasteiger partial charge in [0.05, 0.1) is 24.8 Å². The van der Waals surface area contributed by atoms with E-state index < -0.39 is 5.60 Å². The van der Waals surface area contributed by atoms with E-state index in [4.69, 9.17) is 21.1 Å². The predicted molar refractivity (Wildman–Crippen MR) is 122 cm³/mol. The van der Waals surface area contributed by atoms with Gasteiger partial charge < -0.3 is 14.8 Å². The Morgan fingerprint density at radius 2 is 1.71 bits per heavy atom. The van der Waals surface area contributed by atoms with Crippen LogP contribution in [0.1, 0.15) is 28.7 Å². The molecule has 0 spiro atoms. The van der Waals surface area contributed by atoms with Gasteiger partial charge >= 0.3 is 0 Å². The zero-order valence-corrected chi connectivity index (χ0v) is 18.0. The second kappa shape index (κ2) is 10.1. The van der Waals surface area contributed by atoms with Gasteiger partial charge in [-0.25, -0.2) is 0 Å². The number of nitriles is 1. The molecular formula is C26H25ClN2O2. The molecule has 0 saturated carbocycles. The number of nitrogens with zero attached hydrogens (tertiary/aromatic N) is 1. The van der Waals surface area contributed by atoms with Crippen molar-refractivity contribution in [2.24, 2.45) is 0 Å². The summed E-state index contributed by atoms with van der Waals surface area (Å²) in [6.45, 7) is 2.32. The van der Waals surface area contributed by atoms with Gasteiger partial charge in [-0.15, -0.1) is 0 Å². The third-order valence-corrected chi connectivity index (χ3v) is 6.02. The van der Waals surface area contributed by atoms with Crippen LogP contribution in [0, 0.1) is 11.3 Å². The summed E-state index contributed by atoms with van der Waals surface area (Å²) in [6, 6.07) is 27.8. The van der Waals surface area contributed by atoms with Crippen LogP contribution in [0.2, 0.25) is 5.02 Å². The lowest BCUT2D eigenvalue weighted by atomic mass is 9.82. The van der Waals surface area contributed by atoms with E-state index in [1.807, 2.05) is 66.7 Å². The molecule has 1 heterocycles. The molecule has 4 nitrogen and oxygen atoms in total. The van der Waals surface area contributed by atoms with E-state index in [1.165, 1.54) is 0 Å². The van der Waals surface area contributed by atoms with Crippen molar-refractivity contribution in [3.63, 3.8) is 0 Å². The minimum absolute atomic E-state index is 0.224. The number of hydrogen-bond donors (Lipinski definition) is 1. The highest BCUT2D eigenvalue weighted by molar-refractivity contribution is 6.30. The van der Waals surface area contributed by atoms with Crippen molar-refractivity contribution in [1.82, 2.24) is 5.32 Å². The molecular weight excluding hydrogens is 408 g/mol. The summed E-state index contributed by atoms with van der Waals surface area (Å²) in [6.07, 6.45) is 0.546. The largest absolute Gasteiger partial charge is 0.369 e. The first-order chi connectivity index (χ1) is 15.2. The minimum atomic E-state index is -0.618. The molecule has 1 N–H and O–H groups in total. The molecule has 1 saturated heterocycles. The molecule has 31 heavy (non-hydrogen) atoms. The van der Waals surface area contributed by atoms with Crippen LogP contribution in [0.5, 0.6) is 0 Å². The third kappa shape index (κ3) is 4.98. The maximum atomic E-state index is 9.42. The van der Waals surface area contributed by atoms with Gasteiger partial charge in [-0.2, -0.15) is 5.26 Å². The standard InChI is InChI=1S/C26H25ClN2O2/c27-24-12-10-23(11-13-24)26(31-18-20-6-2-1-3-7-20)14-15-29-17-25(26)30-19-22-9-5-4-8-21(22)16-28/h1-13,25,29H,14-15,17-19H2/t25-,26-/m0/s1. The molecule has 0 bridgehead atoms. The summed E-state index contributed by atoms with van der Waals surface area (Å²) in [5.74, 6) is 0. The van der Waals surface area contributed by atoms with E-state index >= 15 is 0 Å². The molecule has 0 radical (unpaired) electrons. The van der Waals surface area contributed by atoms with Gasteiger partial charge in [0.25, 0.3) is 0 Å². The molecule has 0 unspecified atom stereocenters. The molecule has 0 aromatic heterocycles. The molecule has 5 heteroatoms. The summed E-state index contributed by atoms with van der Waals surface area (Å²) >= 11 is 6.16. The van der Waals surface area contributed by atoms with Crippen LogP contribution in [0.4, 0.5) is 0 Å². The number of piperidine rings is 1. The molecule has 1 aliphatic heterocycles. The van der Waals surface area contributed by atoms with E-state index in [2.05, 4.69) is 23.5 Å². The van der Waals surface area contributed by atoms with Gasteiger partial charge in [-0.05, 0) is 47.9 Å². The Balaban J connectivity index is 1.63. The number of benzene rings is 3. The quantitative estimate of drug-likeness (QED) is 0.557. The molecule has 158 valence electrons. The molecule has 0 aliphatic carbocycles. The highest BCUT2D eigenvalue weighted by Crippen LogP contribution is 2.38. The summed E-state index contributed by atoms with van der Waals surface area (Å²) in [7, 11) is 0. The Hall–Kier alpha value is -2.68. The molecule has 1 aliphatic rings. The lowest BCUT2D eigenvalue weighted by Crippen LogP contribution is -2.54. The summed E-state index contributed by atoms with van der Waals surface area (Å²) in [5.41, 5.74) is 3.06. The van der Waals surface area contributed by atoms with Crippen LogP contribution in [0.15, 0.2) is 78.9 Å². The van der Waals surface area contributed by atoms with E-state index in [9.17, 15) is 5.26 Å². The second-order valence-electron chi connectivity index (χ2n) is 7.69. The number of rotatable bonds is 7. The number of halogens is 1. The first-order valence-electron chi connectivity index (χ1n) is 10.5. The van der Waals surface area contributed by atoms with Gasteiger partial charge in [-0.3, -0.25) is 0 Å². The zero-order valence-electron chi connectivity index (χ0n) is 17.3. The Kier molecular flexibility index (Phi) is 7.01. The first kappa shape index (κ1) is 21.5. The van der Waals surface area contributed by atoms with Crippen LogP contribution in [0.3, 0.4) is 0 Å². The topological polar surface area (TPSA) is 54.3 Å². The number of hydrogen-bond acceptors (Lipinski definition) is 4. The third-order valence-electron chi connectivity index (χ3n) is 5.77. The molecule has 2 atom stereocenters. The van der Waals surface area contributed by atoms with E-state index in [0.29, 0.717) is 30.3 Å². The zero-order chi connectivity index (χ0) is 21.5. The predicted octanol–water partition coefficient (Wildman–Crippen LogP) is 5.20. The van der Waals surface area contributed by atoms with Crippen LogP contribution in [-0.4, -0.2) is 19.2 Å². The van der Waals surface area contributed by atoms with Crippen molar-refractivity contribution in [1.29, 1.82) is 5.26 Å². The lowest BCUT2D eigenvalue weighted by Gasteiger charge is -2.44. The molecule has 3 aromatic rings. The Morgan fingerprint density at radius 3 is 2.48 bits per heavy atom. The van der Waals surface area contributed by atoms with Crippen LogP contribution in [-0.2, 0) is 28.3 Å². The minimum Gasteiger partial charge on any atom is -0.369 e. The monoisotopic (exact) mass is 432 g/mol.